The van der Waals surface area contributed by atoms with Crippen LogP contribution in [0.2, 0.25) is 0 Å². The van der Waals surface area contributed by atoms with Gasteiger partial charge in [0.15, 0.2) is 11.6 Å². The summed E-state index contributed by atoms with van der Waals surface area (Å²) >= 11 is 0. The Morgan fingerprint density at radius 3 is 2.76 bits per heavy atom. The summed E-state index contributed by atoms with van der Waals surface area (Å²) in [5.74, 6) is 3.22. The molecule has 5 aromatic rings. The Bertz CT molecular complexity index is 1610. The van der Waals surface area contributed by atoms with E-state index in [1.807, 2.05) is 38.4 Å². The molecule has 0 saturated carbocycles. The molecule has 0 amide bonds. The number of aromatic nitrogens is 3. The van der Waals surface area contributed by atoms with Crippen LogP contribution in [-0.4, -0.2) is 35.2 Å². The number of ether oxygens (including phenoxy) is 1. The molecule has 7 nitrogen and oxygen atoms in total. The molecule has 6 rings (SSSR count). The highest BCUT2D eigenvalue weighted by Gasteiger charge is 2.18. The van der Waals surface area contributed by atoms with Crippen molar-refractivity contribution >= 4 is 22.6 Å². The monoisotopic (exact) mass is 491 g/mol. The van der Waals surface area contributed by atoms with Crippen LogP contribution in [-0.2, 0) is 0 Å². The van der Waals surface area contributed by atoms with Crippen LogP contribution >= 0.6 is 0 Å². The number of rotatable bonds is 5. The summed E-state index contributed by atoms with van der Waals surface area (Å²) in [6.07, 6.45) is 3.70. The average molecular weight is 492 g/mol. The fraction of sp³-hybridized carbons (Fsp3) is 0.233. The van der Waals surface area contributed by atoms with E-state index in [0.29, 0.717) is 6.61 Å². The van der Waals surface area contributed by atoms with Crippen molar-refractivity contribution < 1.29 is 9.15 Å². The molecule has 2 aromatic carbocycles. The van der Waals surface area contributed by atoms with Crippen molar-refractivity contribution in [2.24, 2.45) is 0 Å². The van der Waals surface area contributed by atoms with E-state index in [1.54, 1.807) is 6.26 Å². The number of benzene rings is 2. The van der Waals surface area contributed by atoms with Crippen LogP contribution < -0.4 is 15.0 Å². The van der Waals surface area contributed by atoms with Gasteiger partial charge < -0.3 is 19.4 Å². The minimum Gasteiger partial charge on any atom is -0.488 e. The number of likely N-dealkylation sites (N-methyl/N-ethyl adjacent to an activating group) is 1. The molecule has 1 aliphatic rings. The van der Waals surface area contributed by atoms with E-state index in [0.717, 1.165) is 74.2 Å². The lowest BCUT2D eigenvalue weighted by Gasteiger charge is -2.26. The first-order valence-electron chi connectivity index (χ1n) is 12.5. The van der Waals surface area contributed by atoms with E-state index in [-0.39, 0.29) is 6.04 Å². The van der Waals surface area contributed by atoms with Gasteiger partial charge in [-0.25, -0.2) is 15.0 Å². The Labute approximate surface area is 216 Å². The number of nitrogens with one attached hydrogen (secondary N) is 1. The second-order valence-corrected chi connectivity index (χ2v) is 9.62. The summed E-state index contributed by atoms with van der Waals surface area (Å²) in [4.78, 5) is 16.1. The standard InChI is InChI=1S/C30H29N5O2/c1-18-17-37-27-9-8-23(13-25(18)27)26-15-29(34-20(3)33-26)32-19(2)21-6-5-7-22(12-21)24-14-28-30(31-16-24)35(4)10-11-36-28/h5-9,12-17,19H,10-11H2,1-4H3,(H,32,33,34). The first-order chi connectivity index (χ1) is 17.9. The molecule has 4 heterocycles. The van der Waals surface area contributed by atoms with Gasteiger partial charge in [-0.3, -0.25) is 0 Å². The number of aryl methyl sites for hydroxylation is 2. The molecule has 37 heavy (non-hydrogen) atoms. The van der Waals surface area contributed by atoms with Gasteiger partial charge >= 0.3 is 0 Å². The first-order valence-corrected chi connectivity index (χ1v) is 12.5. The van der Waals surface area contributed by atoms with Gasteiger partial charge in [0.2, 0.25) is 0 Å². The summed E-state index contributed by atoms with van der Waals surface area (Å²) in [5.41, 5.74) is 7.20. The number of nitrogens with zero attached hydrogens (tertiary/aromatic N) is 4. The average Bonchev–Trinajstić information content (AvgIpc) is 3.28. The van der Waals surface area contributed by atoms with E-state index < -0.39 is 0 Å². The lowest BCUT2D eigenvalue weighted by atomic mass is 10.0. The van der Waals surface area contributed by atoms with E-state index in [1.165, 1.54) is 0 Å². The molecule has 186 valence electrons. The number of pyridine rings is 1. The van der Waals surface area contributed by atoms with Gasteiger partial charge in [0, 0.05) is 41.9 Å². The van der Waals surface area contributed by atoms with Crippen molar-refractivity contribution in [3.8, 4) is 28.1 Å². The van der Waals surface area contributed by atoms with Crippen molar-refractivity contribution in [1.82, 2.24) is 15.0 Å². The Hall–Kier alpha value is -4.39. The number of hydrogen-bond donors (Lipinski definition) is 1. The predicted molar refractivity (Wildman–Crippen MR) is 147 cm³/mol. The highest BCUT2D eigenvalue weighted by atomic mass is 16.5. The first kappa shape index (κ1) is 23.0. The van der Waals surface area contributed by atoms with E-state index in [9.17, 15) is 0 Å². The zero-order chi connectivity index (χ0) is 25.5. The minimum atomic E-state index is 0.0358. The van der Waals surface area contributed by atoms with E-state index >= 15 is 0 Å². The van der Waals surface area contributed by atoms with Crippen molar-refractivity contribution in [2.45, 2.75) is 26.8 Å². The highest BCUT2D eigenvalue weighted by molar-refractivity contribution is 5.85. The Morgan fingerprint density at radius 2 is 1.86 bits per heavy atom. The second kappa shape index (κ2) is 9.24. The van der Waals surface area contributed by atoms with E-state index in [2.05, 4.69) is 70.4 Å². The lowest BCUT2D eigenvalue weighted by molar-refractivity contribution is 0.309. The largest absolute Gasteiger partial charge is 0.488 e. The van der Waals surface area contributed by atoms with Gasteiger partial charge in [-0.2, -0.15) is 0 Å². The third kappa shape index (κ3) is 4.48. The number of fused-ring (bicyclic) bond motifs is 2. The molecule has 3 aromatic heterocycles. The SMILES string of the molecule is Cc1nc(NC(C)c2cccc(-c3cnc4c(c3)OCCN4C)c2)cc(-c2ccc3occ(C)c3c2)n1. The number of anilines is 2. The molecule has 1 atom stereocenters. The molecule has 0 bridgehead atoms. The molecular weight excluding hydrogens is 462 g/mol. The Kier molecular flexibility index (Phi) is 5.75. The smallest absolute Gasteiger partial charge is 0.171 e. The van der Waals surface area contributed by atoms with Gasteiger partial charge in [0.05, 0.1) is 18.5 Å². The second-order valence-electron chi connectivity index (χ2n) is 9.62. The summed E-state index contributed by atoms with van der Waals surface area (Å²) in [7, 11) is 2.04. The zero-order valence-corrected chi connectivity index (χ0v) is 21.4. The molecule has 0 radical (unpaired) electrons. The summed E-state index contributed by atoms with van der Waals surface area (Å²) in [6, 6.07) is 18.8. The van der Waals surface area contributed by atoms with Crippen LogP contribution in [0.5, 0.6) is 5.75 Å². The van der Waals surface area contributed by atoms with Crippen LogP contribution in [0.25, 0.3) is 33.4 Å². The third-order valence-electron chi connectivity index (χ3n) is 6.86. The Morgan fingerprint density at radius 1 is 0.973 bits per heavy atom. The van der Waals surface area contributed by atoms with Gasteiger partial charge in [0.25, 0.3) is 0 Å². The third-order valence-corrected chi connectivity index (χ3v) is 6.86. The Balaban J connectivity index is 1.26. The van der Waals surface area contributed by atoms with E-state index in [4.69, 9.17) is 14.1 Å². The van der Waals surface area contributed by atoms with Gasteiger partial charge in [-0.05, 0) is 67.8 Å². The number of furan rings is 1. The maximum absolute atomic E-state index is 5.86. The van der Waals surface area contributed by atoms with Crippen LogP contribution in [0.4, 0.5) is 11.6 Å². The normalized spacial score (nSPS) is 13.8. The molecule has 0 spiro atoms. The van der Waals surface area contributed by atoms with Gasteiger partial charge in [-0.1, -0.05) is 18.2 Å². The van der Waals surface area contributed by atoms with Crippen LogP contribution in [0, 0.1) is 13.8 Å². The van der Waals surface area contributed by atoms with Crippen molar-refractivity contribution in [1.29, 1.82) is 0 Å². The van der Waals surface area contributed by atoms with Crippen LogP contribution in [0.1, 0.15) is 29.9 Å². The van der Waals surface area contributed by atoms with Crippen molar-refractivity contribution in [3.05, 3.63) is 84.0 Å². The van der Waals surface area contributed by atoms with Crippen LogP contribution in [0.15, 0.2) is 71.5 Å². The molecule has 1 aliphatic heterocycles. The minimum absolute atomic E-state index is 0.0358. The molecule has 1 unspecified atom stereocenters. The van der Waals surface area contributed by atoms with Gasteiger partial charge in [0.1, 0.15) is 23.8 Å². The highest BCUT2D eigenvalue weighted by Crippen LogP contribution is 2.34. The molecule has 0 saturated heterocycles. The molecule has 7 heteroatoms. The molecular formula is C30H29N5O2. The van der Waals surface area contributed by atoms with Crippen molar-refractivity contribution in [2.75, 3.05) is 30.4 Å². The maximum Gasteiger partial charge on any atom is 0.171 e. The van der Waals surface area contributed by atoms with Gasteiger partial charge in [-0.15, -0.1) is 0 Å². The fourth-order valence-corrected chi connectivity index (χ4v) is 4.78. The van der Waals surface area contributed by atoms with Crippen LogP contribution in [0.3, 0.4) is 0 Å². The fourth-order valence-electron chi connectivity index (χ4n) is 4.78. The predicted octanol–water partition coefficient (Wildman–Crippen LogP) is 6.57. The quantitative estimate of drug-likeness (QED) is 0.298. The maximum atomic E-state index is 5.86. The number of hydrogen-bond acceptors (Lipinski definition) is 7. The summed E-state index contributed by atoms with van der Waals surface area (Å²) in [6.45, 7) is 7.63. The topological polar surface area (TPSA) is 76.3 Å². The zero-order valence-electron chi connectivity index (χ0n) is 21.4. The molecule has 0 fully saturated rings. The van der Waals surface area contributed by atoms with Crippen molar-refractivity contribution in [3.63, 3.8) is 0 Å². The lowest BCUT2D eigenvalue weighted by Crippen LogP contribution is -2.29. The summed E-state index contributed by atoms with van der Waals surface area (Å²) < 4.78 is 11.5. The molecule has 0 aliphatic carbocycles. The molecule has 1 N–H and O–H groups in total. The summed E-state index contributed by atoms with van der Waals surface area (Å²) in [5, 5.41) is 4.67.